The molecular weight excluding hydrogens is 230 g/mol. The second kappa shape index (κ2) is 5.31. The van der Waals surface area contributed by atoms with Crippen molar-refractivity contribution < 1.29 is 14.7 Å². The van der Waals surface area contributed by atoms with Crippen LogP contribution >= 0.6 is 0 Å². The third-order valence-corrected chi connectivity index (χ3v) is 3.13. The smallest absolute Gasteiger partial charge is 0.254 e. The first-order chi connectivity index (χ1) is 8.63. The summed E-state index contributed by atoms with van der Waals surface area (Å²) in [5, 5.41) is 8.99. The van der Waals surface area contributed by atoms with Crippen LogP contribution in [0.15, 0.2) is 24.3 Å². The molecule has 0 saturated heterocycles. The van der Waals surface area contributed by atoms with Crippen LogP contribution in [-0.2, 0) is 0 Å². The molecule has 1 amide bonds. The molecule has 2 rings (SSSR count). The quantitative estimate of drug-likeness (QED) is 0.802. The Hall–Kier alpha value is -1.68. The summed E-state index contributed by atoms with van der Waals surface area (Å²) < 4.78 is 0. The minimum atomic E-state index is -0.0679. The molecule has 4 nitrogen and oxygen atoms in total. The molecule has 4 heteroatoms. The number of nitrogens with zero attached hydrogens (tertiary/aromatic N) is 1. The normalized spacial score (nSPS) is 14.3. The van der Waals surface area contributed by atoms with Crippen molar-refractivity contribution in [2.45, 2.75) is 25.8 Å². The van der Waals surface area contributed by atoms with Gasteiger partial charge in [-0.15, -0.1) is 0 Å². The fraction of sp³-hybridized carbons (Fsp3) is 0.429. The number of benzene rings is 1. The van der Waals surface area contributed by atoms with E-state index in [0.29, 0.717) is 17.7 Å². The predicted molar refractivity (Wildman–Crippen MR) is 67.6 cm³/mol. The second-order valence-electron chi connectivity index (χ2n) is 4.59. The van der Waals surface area contributed by atoms with E-state index < -0.39 is 0 Å². The van der Waals surface area contributed by atoms with E-state index in [1.165, 1.54) is 6.92 Å². The van der Waals surface area contributed by atoms with Crippen molar-refractivity contribution in [3.05, 3.63) is 35.4 Å². The maximum Gasteiger partial charge on any atom is 0.254 e. The topological polar surface area (TPSA) is 57.6 Å². The lowest BCUT2D eigenvalue weighted by molar-refractivity contribution is 0.0707. The minimum absolute atomic E-state index is 0.0107. The predicted octanol–water partition coefficient (Wildman–Crippen LogP) is 1.49. The second-order valence-corrected chi connectivity index (χ2v) is 4.59. The Morgan fingerprint density at radius 3 is 2.22 bits per heavy atom. The first kappa shape index (κ1) is 12.8. The average molecular weight is 247 g/mol. The number of carbonyl (C=O) groups is 2. The van der Waals surface area contributed by atoms with Gasteiger partial charge in [0.2, 0.25) is 0 Å². The number of hydrogen-bond acceptors (Lipinski definition) is 3. The number of hydrogen-bond donors (Lipinski definition) is 1. The van der Waals surface area contributed by atoms with Gasteiger partial charge in [0.1, 0.15) is 0 Å². The monoisotopic (exact) mass is 247 g/mol. The van der Waals surface area contributed by atoms with Gasteiger partial charge in [0.25, 0.3) is 5.91 Å². The van der Waals surface area contributed by atoms with Crippen molar-refractivity contribution in [2.75, 3.05) is 13.2 Å². The number of Topliss-reactive ketones (excluding diaryl/α,β-unsaturated/α-hetero) is 1. The van der Waals surface area contributed by atoms with E-state index in [2.05, 4.69) is 0 Å². The van der Waals surface area contributed by atoms with E-state index in [-0.39, 0.29) is 24.3 Å². The molecule has 0 aliphatic heterocycles. The number of aliphatic hydroxyl groups excluding tert-OH is 1. The van der Waals surface area contributed by atoms with Crippen molar-refractivity contribution in [2.24, 2.45) is 0 Å². The maximum absolute atomic E-state index is 12.2. The van der Waals surface area contributed by atoms with Crippen LogP contribution < -0.4 is 0 Å². The molecule has 0 radical (unpaired) electrons. The highest BCUT2D eigenvalue weighted by Crippen LogP contribution is 2.28. The van der Waals surface area contributed by atoms with Crippen LogP contribution in [0.5, 0.6) is 0 Å². The van der Waals surface area contributed by atoms with Gasteiger partial charge in [-0.25, -0.2) is 0 Å². The van der Waals surface area contributed by atoms with E-state index in [1.807, 2.05) is 0 Å². The van der Waals surface area contributed by atoms with Crippen LogP contribution in [-0.4, -0.2) is 40.9 Å². The SMILES string of the molecule is CC(=O)c1ccc(C(=O)N(CCO)C2CC2)cc1. The molecule has 1 aromatic carbocycles. The Labute approximate surface area is 106 Å². The molecule has 0 bridgehead atoms. The van der Waals surface area contributed by atoms with Gasteiger partial charge in [-0.2, -0.15) is 0 Å². The molecule has 1 aromatic rings. The first-order valence-corrected chi connectivity index (χ1v) is 6.16. The van der Waals surface area contributed by atoms with E-state index >= 15 is 0 Å². The summed E-state index contributed by atoms with van der Waals surface area (Å²) in [6.45, 7) is 1.85. The molecule has 1 fully saturated rings. The zero-order chi connectivity index (χ0) is 13.1. The minimum Gasteiger partial charge on any atom is -0.395 e. The number of carbonyl (C=O) groups excluding carboxylic acids is 2. The van der Waals surface area contributed by atoms with Crippen LogP contribution in [0.1, 0.15) is 40.5 Å². The van der Waals surface area contributed by atoms with Crippen molar-refractivity contribution >= 4 is 11.7 Å². The average Bonchev–Trinajstić information content (AvgIpc) is 3.19. The molecule has 0 heterocycles. The Bertz CT molecular complexity index is 449. The molecule has 0 aromatic heterocycles. The highest BCUT2D eigenvalue weighted by Gasteiger charge is 2.32. The van der Waals surface area contributed by atoms with Crippen molar-refractivity contribution in [3.63, 3.8) is 0 Å². The summed E-state index contributed by atoms with van der Waals surface area (Å²) in [6.07, 6.45) is 2.02. The van der Waals surface area contributed by atoms with Crippen LogP contribution in [0.25, 0.3) is 0 Å². The maximum atomic E-state index is 12.2. The Balaban J connectivity index is 2.13. The summed E-state index contributed by atoms with van der Waals surface area (Å²) in [6, 6.07) is 6.95. The molecule has 1 N–H and O–H groups in total. The zero-order valence-corrected chi connectivity index (χ0v) is 10.4. The third kappa shape index (κ3) is 2.76. The van der Waals surface area contributed by atoms with E-state index in [1.54, 1.807) is 29.2 Å². The number of rotatable bonds is 5. The number of aliphatic hydroxyl groups is 1. The third-order valence-electron chi connectivity index (χ3n) is 3.13. The van der Waals surface area contributed by atoms with Gasteiger partial charge in [-0.3, -0.25) is 9.59 Å². The summed E-state index contributed by atoms with van der Waals surface area (Å²) in [5.41, 5.74) is 1.17. The molecule has 96 valence electrons. The number of amides is 1. The highest BCUT2D eigenvalue weighted by molar-refractivity contribution is 5.97. The lowest BCUT2D eigenvalue weighted by atomic mass is 10.1. The van der Waals surface area contributed by atoms with Gasteiger partial charge < -0.3 is 10.0 Å². The number of ketones is 1. The fourth-order valence-electron chi connectivity index (χ4n) is 1.96. The molecule has 0 unspecified atom stereocenters. The van der Waals surface area contributed by atoms with Crippen molar-refractivity contribution in [1.29, 1.82) is 0 Å². The highest BCUT2D eigenvalue weighted by atomic mass is 16.3. The van der Waals surface area contributed by atoms with Gasteiger partial charge in [0.05, 0.1) is 6.61 Å². The first-order valence-electron chi connectivity index (χ1n) is 6.16. The molecule has 0 atom stereocenters. The van der Waals surface area contributed by atoms with E-state index in [9.17, 15) is 9.59 Å². The molecule has 1 aliphatic carbocycles. The lowest BCUT2D eigenvalue weighted by Crippen LogP contribution is -2.35. The van der Waals surface area contributed by atoms with Gasteiger partial charge >= 0.3 is 0 Å². The zero-order valence-electron chi connectivity index (χ0n) is 10.4. The molecular formula is C14H17NO3. The Morgan fingerprint density at radius 1 is 1.22 bits per heavy atom. The van der Waals surface area contributed by atoms with Gasteiger partial charge in [-0.05, 0) is 31.9 Å². The summed E-state index contributed by atoms with van der Waals surface area (Å²) in [5.74, 6) is -0.0786. The molecule has 1 aliphatic rings. The summed E-state index contributed by atoms with van der Waals surface area (Å²) >= 11 is 0. The van der Waals surface area contributed by atoms with Gasteiger partial charge in [0, 0.05) is 23.7 Å². The standard InChI is InChI=1S/C14H17NO3/c1-10(17)11-2-4-12(5-3-11)14(18)15(8-9-16)13-6-7-13/h2-5,13,16H,6-9H2,1H3. The molecule has 1 saturated carbocycles. The Morgan fingerprint density at radius 2 is 1.78 bits per heavy atom. The Kier molecular flexibility index (Phi) is 3.77. The lowest BCUT2D eigenvalue weighted by Gasteiger charge is -2.21. The fourth-order valence-corrected chi connectivity index (χ4v) is 1.96. The van der Waals surface area contributed by atoms with Gasteiger partial charge in [-0.1, -0.05) is 12.1 Å². The van der Waals surface area contributed by atoms with Crippen LogP contribution in [0.4, 0.5) is 0 Å². The van der Waals surface area contributed by atoms with Crippen LogP contribution in [0.2, 0.25) is 0 Å². The van der Waals surface area contributed by atoms with E-state index in [0.717, 1.165) is 12.8 Å². The van der Waals surface area contributed by atoms with Gasteiger partial charge in [0.15, 0.2) is 5.78 Å². The van der Waals surface area contributed by atoms with Crippen LogP contribution in [0, 0.1) is 0 Å². The van der Waals surface area contributed by atoms with Crippen molar-refractivity contribution in [1.82, 2.24) is 4.90 Å². The van der Waals surface area contributed by atoms with Crippen LogP contribution in [0.3, 0.4) is 0 Å². The molecule has 18 heavy (non-hydrogen) atoms. The summed E-state index contributed by atoms with van der Waals surface area (Å²) in [4.78, 5) is 25.1. The largest absolute Gasteiger partial charge is 0.395 e. The summed E-state index contributed by atoms with van der Waals surface area (Å²) in [7, 11) is 0. The van der Waals surface area contributed by atoms with Crippen molar-refractivity contribution in [3.8, 4) is 0 Å². The van der Waals surface area contributed by atoms with E-state index in [4.69, 9.17) is 5.11 Å². The molecule has 0 spiro atoms.